The lowest BCUT2D eigenvalue weighted by atomic mass is 9.34. The molecule has 4 fully saturated rings. The third-order valence-corrected chi connectivity index (χ3v) is 11.8. The second-order valence-corrected chi connectivity index (χ2v) is 13.7. The van der Waals surface area contributed by atoms with Gasteiger partial charge in [0.15, 0.2) is 11.9 Å². The monoisotopic (exact) mass is 600 g/mol. The van der Waals surface area contributed by atoms with Gasteiger partial charge in [-0.15, -0.1) is 0 Å². The van der Waals surface area contributed by atoms with Crippen LogP contribution in [0.5, 0.6) is 0 Å². The first-order chi connectivity index (χ1) is 20.1. The maximum Gasteiger partial charge on any atom is 0.304 e. The Bertz CT molecular complexity index is 1380. The number of ketones is 1. The number of hydrogen-bond acceptors (Lipinski definition) is 11. The van der Waals surface area contributed by atoms with E-state index >= 15 is 4.79 Å². The van der Waals surface area contributed by atoms with Crippen LogP contribution in [0.4, 0.5) is 0 Å². The molecule has 2 heterocycles. The predicted octanol–water partition coefficient (Wildman–Crippen LogP) is 2.83. The summed E-state index contributed by atoms with van der Waals surface area (Å²) in [6.07, 6.45) is 0.272. The van der Waals surface area contributed by atoms with Gasteiger partial charge >= 0.3 is 17.9 Å². The number of furan rings is 1. The molecular formula is C32H40O11. The minimum atomic E-state index is -1.28. The number of allylic oxidation sites excluding steroid dienone is 1. The maximum atomic E-state index is 15.1. The van der Waals surface area contributed by atoms with Crippen LogP contribution in [0, 0.1) is 33.5 Å². The number of Topliss-reactive ketones (excluding diaryl/α,β-unsaturated/α-hetero) is 1. The topological polar surface area (TPSA) is 159 Å². The van der Waals surface area contributed by atoms with E-state index in [0.29, 0.717) is 6.42 Å². The van der Waals surface area contributed by atoms with E-state index in [9.17, 15) is 24.6 Å². The fourth-order valence-corrected chi connectivity index (χ4v) is 10.1. The summed E-state index contributed by atoms with van der Waals surface area (Å²) >= 11 is 0. The molecule has 1 aromatic heterocycles. The molecule has 0 radical (unpaired) electrons. The highest BCUT2D eigenvalue weighted by atomic mass is 16.7. The number of esters is 3. The summed E-state index contributed by atoms with van der Waals surface area (Å²) in [7, 11) is 0. The first-order valence-corrected chi connectivity index (χ1v) is 14.9. The molecule has 11 heteroatoms. The predicted molar refractivity (Wildman–Crippen MR) is 147 cm³/mol. The van der Waals surface area contributed by atoms with Crippen molar-refractivity contribution in [1.82, 2.24) is 0 Å². The van der Waals surface area contributed by atoms with Crippen molar-refractivity contribution < 1.29 is 52.8 Å². The molecule has 5 aliphatic rings. The van der Waals surface area contributed by atoms with E-state index in [4.69, 9.17) is 23.4 Å². The van der Waals surface area contributed by atoms with Crippen molar-refractivity contribution in [1.29, 1.82) is 0 Å². The van der Waals surface area contributed by atoms with Gasteiger partial charge in [-0.05, 0) is 37.3 Å². The number of ether oxygens (including phenoxy) is 4. The standard InChI is InChI=1S/C32H40O11/c1-15(33)41-24-12-23(37)32-14-40-28(43-17(3)35)31(24,6)21(32)11-22(36)30(5)20-8-7-19(18-9-10-39-13-18)29(20,4)27(42-16(2)34)25(38)26(30)32/h8-10,13,19,21-24,26-28,36-37H,7,11-12,14H2,1-6H3/t19-,21-,22+,23-,24+,26?,27-,28-,29-,30+,31+,32+/m0/s1. The zero-order valence-electron chi connectivity index (χ0n) is 25.3. The van der Waals surface area contributed by atoms with Crippen molar-refractivity contribution >= 4 is 23.7 Å². The van der Waals surface area contributed by atoms with Crippen molar-refractivity contribution in [3.8, 4) is 0 Å². The molecule has 234 valence electrons. The summed E-state index contributed by atoms with van der Waals surface area (Å²) in [6.45, 7) is 9.14. The Morgan fingerprint density at radius 1 is 0.930 bits per heavy atom. The molecule has 1 saturated heterocycles. The van der Waals surface area contributed by atoms with Crippen molar-refractivity contribution in [2.75, 3.05) is 6.61 Å². The highest BCUT2D eigenvalue weighted by Gasteiger charge is 2.80. The lowest BCUT2D eigenvalue weighted by molar-refractivity contribution is -0.364. The van der Waals surface area contributed by atoms with Gasteiger partial charge in [0, 0.05) is 55.3 Å². The Morgan fingerprint density at radius 3 is 2.21 bits per heavy atom. The molecule has 2 N–H and O–H groups in total. The van der Waals surface area contributed by atoms with E-state index in [0.717, 1.165) is 11.1 Å². The van der Waals surface area contributed by atoms with E-state index < -0.39 is 87.9 Å². The zero-order chi connectivity index (χ0) is 31.3. The number of hydrogen-bond donors (Lipinski definition) is 2. The molecule has 3 saturated carbocycles. The van der Waals surface area contributed by atoms with Crippen LogP contribution in [0.1, 0.15) is 72.3 Å². The van der Waals surface area contributed by atoms with Gasteiger partial charge in [-0.3, -0.25) is 19.2 Å². The van der Waals surface area contributed by atoms with Crippen LogP contribution in [0.15, 0.2) is 34.7 Å². The Labute approximate surface area is 249 Å². The Kier molecular flexibility index (Phi) is 6.80. The van der Waals surface area contributed by atoms with Crippen molar-refractivity contribution in [3.63, 3.8) is 0 Å². The molecular weight excluding hydrogens is 560 g/mol. The van der Waals surface area contributed by atoms with Crippen LogP contribution in [0.25, 0.3) is 0 Å². The average Bonchev–Trinajstić information content (AvgIpc) is 3.56. The molecule has 12 atom stereocenters. The molecule has 11 nitrogen and oxygen atoms in total. The second kappa shape index (κ2) is 9.74. The normalized spacial score (nSPS) is 46.5. The summed E-state index contributed by atoms with van der Waals surface area (Å²) in [5, 5.41) is 24.3. The minimum absolute atomic E-state index is 0.0319. The van der Waals surface area contributed by atoms with Gasteiger partial charge in [0.2, 0.25) is 6.29 Å². The van der Waals surface area contributed by atoms with Crippen LogP contribution < -0.4 is 0 Å². The van der Waals surface area contributed by atoms with Gasteiger partial charge in [0.25, 0.3) is 0 Å². The fraction of sp³-hybridized carbons (Fsp3) is 0.688. The number of aliphatic hydroxyl groups excluding tert-OH is 2. The fourth-order valence-electron chi connectivity index (χ4n) is 10.1. The van der Waals surface area contributed by atoms with E-state index in [1.54, 1.807) is 19.5 Å². The molecule has 1 aromatic rings. The number of rotatable bonds is 4. The first-order valence-electron chi connectivity index (χ1n) is 14.9. The lowest BCUT2D eigenvalue weighted by Crippen LogP contribution is -2.79. The largest absolute Gasteiger partial charge is 0.472 e. The van der Waals surface area contributed by atoms with Gasteiger partial charge < -0.3 is 33.6 Å². The molecule has 0 amide bonds. The number of carbonyl (C=O) groups is 4. The molecule has 43 heavy (non-hydrogen) atoms. The molecule has 1 unspecified atom stereocenters. The lowest BCUT2D eigenvalue weighted by Gasteiger charge is -2.72. The molecule has 1 aliphatic heterocycles. The second-order valence-electron chi connectivity index (χ2n) is 13.7. The summed E-state index contributed by atoms with van der Waals surface area (Å²) in [5.41, 5.74) is -3.01. The smallest absolute Gasteiger partial charge is 0.304 e. The first kappa shape index (κ1) is 30.0. The van der Waals surface area contributed by atoms with Crippen LogP contribution in [-0.4, -0.2) is 71.2 Å². The molecule has 0 aromatic carbocycles. The average molecular weight is 601 g/mol. The highest BCUT2D eigenvalue weighted by molar-refractivity contribution is 5.93. The summed E-state index contributed by atoms with van der Waals surface area (Å²) in [6, 6.07) is 1.83. The van der Waals surface area contributed by atoms with E-state index in [1.807, 2.05) is 26.0 Å². The van der Waals surface area contributed by atoms with Crippen molar-refractivity contribution in [3.05, 3.63) is 35.8 Å². The Balaban J connectivity index is 1.55. The third-order valence-electron chi connectivity index (χ3n) is 11.8. The molecule has 6 rings (SSSR count). The van der Waals surface area contributed by atoms with Gasteiger partial charge in [0.1, 0.15) is 6.10 Å². The maximum absolute atomic E-state index is 15.1. The van der Waals surface area contributed by atoms with Crippen molar-refractivity contribution in [2.24, 2.45) is 33.5 Å². The van der Waals surface area contributed by atoms with Gasteiger partial charge in [-0.2, -0.15) is 0 Å². The van der Waals surface area contributed by atoms with Gasteiger partial charge in [0.05, 0.1) is 36.8 Å². The SMILES string of the molecule is CC(=O)O[C@@H]1OC[C@@]23C4C(=O)[C@H](OC(C)=O)[C@]5(C)C(=CC[C@H]5c5ccoc5)[C@]4(C)[C@H](O)C[C@H]2[C@]1(C)[C@H](OC(C)=O)C[C@@H]3O. The van der Waals surface area contributed by atoms with Crippen molar-refractivity contribution in [2.45, 2.75) is 97.4 Å². The minimum Gasteiger partial charge on any atom is -0.472 e. The summed E-state index contributed by atoms with van der Waals surface area (Å²) in [5.74, 6) is -4.18. The number of carbonyl (C=O) groups excluding carboxylic acids is 4. The molecule has 2 bridgehead atoms. The summed E-state index contributed by atoms with van der Waals surface area (Å²) < 4.78 is 28.9. The Hall–Kier alpha value is -3.02. The zero-order valence-corrected chi connectivity index (χ0v) is 25.3. The number of fused-ring (bicyclic) bond motifs is 3. The van der Waals surface area contributed by atoms with Crippen LogP contribution in [0.3, 0.4) is 0 Å². The van der Waals surface area contributed by atoms with Gasteiger partial charge in [-0.1, -0.05) is 25.5 Å². The van der Waals surface area contributed by atoms with E-state index in [1.165, 1.54) is 20.8 Å². The van der Waals surface area contributed by atoms with Crippen LogP contribution in [0.2, 0.25) is 0 Å². The Morgan fingerprint density at radius 2 is 1.60 bits per heavy atom. The van der Waals surface area contributed by atoms with Gasteiger partial charge in [-0.25, -0.2) is 0 Å². The highest BCUT2D eigenvalue weighted by Crippen LogP contribution is 2.75. The molecule has 0 spiro atoms. The third kappa shape index (κ3) is 3.77. The van der Waals surface area contributed by atoms with E-state index in [2.05, 4.69) is 0 Å². The van der Waals surface area contributed by atoms with Crippen LogP contribution in [-0.2, 0) is 38.1 Å². The molecule has 4 aliphatic carbocycles. The van der Waals surface area contributed by atoms with E-state index in [-0.39, 0.29) is 25.4 Å². The number of aliphatic hydroxyl groups is 2. The summed E-state index contributed by atoms with van der Waals surface area (Å²) in [4.78, 5) is 52.0. The quantitative estimate of drug-likeness (QED) is 0.297. The van der Waals surface area contributed by atoms with Crippen LogP contribution >= 0.6 is 0 Å².